The molecule has 0 bridgehead atoms. The number of halogens is 3. The number of oxime groups is 1. The van der Waals surface area contributed by atoms with Gasteiger partial charge in [0.25, 0.3) is 0 Å². The van der Waals surface area contributed by atoms with Crippen LogP contribution in [0.2, 0.25) is 0 Å². The summed E-state index contributed by atoms with van der Waals surface area (Å²) < 4.78 is 38.2. The van der Waals surface area contributed by atoms with Crippen LogP contribution in [0.3, 0.4) is 0 Å². The SMILES string of the molecule is NC(=NO)c1ccc(C(F)(F)F)nc1SCC1CCCC1. The monoisotopic (exact) mass is 319 g/mol. The van der Waals surface area contributed by atoms with E-state index in [2.05, 4.69) is 10.1 Å². The van der Waals surface area contributed by atoms with E-state index in [1.54, 1.807) is 0 Å². The van der Waals surface area contributed by atoms with E-state index < -0.39 is 11.9 Å². The predicted molar refractivity (Wildman–Crippen MR) is 74.4 cm³/mol. The van der Waals surface area contributed by atoms with Gasteiger partial charge in [0.05, 0.1) is 5.56 Å². The van der Waals surface area contributed by atoms with Gasteiger partial charge in [-0.25, -0.2) is 4.98 Å². The minimum Gasteiger partial charge on any atom is -0.409 e. The molecule has 1 aliphatic rings. The lowest BCUT2D eigenvalue weighted by Gasteiger charge is -2.13. The summed E-state index contributed by atoms with van der Waals surface area (Å²) in [5, 5.41) is 11.7. The highest BCUT2D eigenvalue weighted by Gasteiger charge is 2.33. The predicted octanol–water partition coefficient (Wildman–Crippen LogP) is 3.48. The Morgan fingerprint density at radius 3 is 2.62 bits per heavy atom. The molecule has 0 aromatic carbocycles. The van der Waals surface area contributed by atoms with Crippen LogP contribution in [-0.4, -0.2) is 21.8 Å². The van der Waals surface area contributed by atoms with Crippen LogP contribution in [0, 0.1) is 5.92 Å². The fraction of sp³-hybridized carbons (Fsp3) is 0.538. The maximum atomic E-state index is 12.7. The lowest BCUT2D eigenvalue weighted by Crippen LogP contribution is -2.17. The number of nitrogens with two attached hydrogens (primary N) is 1. The zero-order valence-corrected chi connectivity index (χ0v) is 12.0. The van der Waals surface area contributed by atoms with Crippen molar-refractivity contribution in [2.45, 2.75) is 36.9 Å². The molecule has 0 atom stereocenters. The molecule has 116 valence electrons. The Kier molecular flexibility index (Phi) is 4.97. The molecule has 1 aromatic rings. The summed E-state index contributed by atoms with van der Waals surface area (Å²) in [4.78, 5) is 3.64. The van der Waals surface area contributed by atoms with Crippen molar-refractivity contribution in [2.24, 2.45) is 16.8 Å². The van der Waals surface area contributed by atoms with Gasteiger partial charge in [-0.15, -0.1) is 11.8 Å². The Hall–Kier alpha value is -1.44. The second-order valence-electron chi connectivity index (χ2n) is 4.99. The lowest BCUT2D eigenvalue weighted by atomic mass is 10.1. The third-order valence-electron chi connectivity index (χ3n) is 3.46. The molecule has 2 rings (SSSR count). The second-order valence-corrected chi connectivity index (χ2v) is 6.00. The number of pyridine rings is 1. The standard InChI is InChI=1S/C13H16F3N3OS/c14-13(15,16)10-6-5-9(11(17)19-20)12(18-10)21-7-8-3-1-2-4-8/h5-6,8,20H,1-4,7H2,(H2,17,19). The quantitative estimate of drug-likeness (QED) is 0.293. The molecule has 0 radical (unpaired) electrons. The first kappa shape index (κ1) is 15.9. The van der Waals surface area contributed by atoms with Gasteiger partial charge in [0.1, 0.15) is 10.7 Å². The number of nitrogens with zero attached hydrogens (tertiary/aromatic N) is 2. The molecule has 1 heterocycles. The summed E-state index contributed by atoms with van der Waals surface area (Å²) in [5.41, 5.74) is 4.77. The van der Waals surface area contributed by atoms with Gasteiger partial charge in [-0.1, -0.05) is 18.0 Å². The fourth-order valence-corrected chi connectivity index (χ4v) is 3.55. The zero-order chi connectivity index (χ0) is 15.5. The van der Waals surface area contributed by atoms with Crippen molar-refractivity contribution in [1.29, 1.82) is 0 Å². The van der Waals surface area contributed by atoms with Crippen LogP contribution in [-0.2, 0) is 6.18 Å². The van der Waals surface area contributed by atoms with Gasteiger partial charge >= 0.3 is 6.18 Å². The molecule has 0 spiro atoms. The highest BCUT2D eigenvalue weighted by Crippen LogP contribution is 2.34. The van der Waals surface area contributed by atoms with E-state index in [4.69, 9.17) is 10.9 Å². The van der Waals surface area contributed by atoms with Crippen molar-refractivity contribution in [1.82, 2.24) is 4.98 Å². The van der Waals surface area contributed by atoms with Gasteiger partial charge in [0.2, 0.25) is 0 Å². The topological polar surface area (TPSA) is 71.5 Å². The Morgan fingerprint density at radius 2 is 2.05 bits per heavy atom. The van der Waals surface area contributed by atoms with Crippen molar-refractivity contribution in [3.8, 4) is 0 Å². The van der Waals surface area contributed by atoms with Gasteiger partial charge in [0, 0.05) is 5.75 Å². The van der Waals surface area contributed by atoms with E-state index >= 15 is 0 Å². The largest absolute Gasteiger partial charge is 0.433 e. The van der Waals surface area contributed by atoms with E-state index in [1.807, 2.05) is 0 Å². The molecule has 0 saturated heterocycles. The van der Waals surface area contributed by atoms with E-state index in [-0.39, 0.29) is 16.4 Å². The molecule has 0 amide bonds. The number of thioether (sulfide) groups is 1. The smallest absolute Gasteiger partial charge is 0.409 e. The van der Waals surface area contributed by atoms with Gasteiger partial charge in [-0.2, -0.15) is 13.2 Å². The average molecular weight is 319 g/mol. The molecule has 0 aliphatic heterocycles. The minimum atomic E-state index is -4.51. The Morgan fingerprint density at radius 1 is 1.38 bits per heavy atom. The van der Waals surface area contributed by atoms with Crippen molar-refractivity contribution in [2.75, 3.05) is 5.75 Å². The Balaban J connectivity index is 2.24. The molecule has 4 nitrogen and oxygen atoms in total. The molecule has 1 aromatic heterocycles. The minimum absolute atomic E-state index is 0.159. The van der Waals surface area contributed by atoms with E-state index in [1.165, 1.54) is 17.8 Å². The Labute approximate surface area is 124 Å². The summed E-state index contributed by atoms with van der Waals surface area (Å²) in [6.07, 6.45) is -0.00920. The number of hydrogen-bond acceptors (Lipinski definition) is 4. The maximum absolute atomic E-state index is 12.7. The maximum Gasteiger partial charge on any atom is 0.433 e. The van der Waals surface area contributed by atoms with Gasteiger partial charge in [-0.05, 0) is 30.9 Å². The molecule has 1 fully saturated rings. The van der Waals surface area contributed by atoms with Crippen LogP contribution >= 0.6 is 11.8 Å². The van der Waals surface area contributed by atoms with E-state index in [0.717, 1.165) is 31.7 Å². The van der Waals surface area contributed by atoms with Gasteiger partial charge in [0.15, 0.2) is 5.84 Å². The normalized spacial score (nSPS) is 17.4. The molecule has 1 saturated carbocycles. The average Bonchev–Trinajstić information content (AvgIpc) is 2.96. The van der Waals surface area contributed by atoms with Crippen LogP contribution in [0.4, 0.5) is 13.2 Å². The number of alkyl halides is 3. The first-order valence-electron chi connectivity index (χ1n) is 6.60. The summed E-state index contributed by atoms with van der Waals surface area (Å²) in [5.74, 6) is 0.955. The molecule has 1 aliphatic carbocycles. The first-order chi connectivity index (χ1) is 9.91. The van der Waals surface area contributed by atoms with E-state index in [0.29, 0.717) is 11.7 Å². The number of aromatic nitrogens is 1. The van der Waals surface area contributed by atoms with Crippen LogP contribution < -0.4 is 5.73 Å². The molecule has 8 heteroatoms. The summed E-state index contributed by atoms with van der Waals surface area (Å²) in [6, 6.07) is 2.04. The number of rotatable bonds is 4. The summed E-state index contributed by atoms with van der Waals surface area (Å²) in [7, 11) is 0. The van der Waals surface area contributed by atoms with E-state index in [9.17, 15) is 13.2 Å². The van der Waals surface area contributed by atoms with Crippen molar-refractivity contribution in [3.63, 3.8) is 0 Å². The lowest BCUT2D eigenvalue weighted by molar-refractivity contribution is -0.141. The fourth-order valence-electron chi connectivity index (χ4n) is 2.33. The third kappa shape index (κ3) is 4.03. The van der Waals surface area contributed by atoms with Crippen LogP contribution in [0.15, 0.2) is 22.3 Å². The van der Waals surface area contributed by atoms with Crippen molar-refractivity contribution >= 4 is 17.6 Å². The molecular weight excluding hydrogens is 303 g/mol. The third-order valence-corrected chi connectivity index (χ3v) is 4.69. The van der Waals surface area contributed by atoms with Crippen LogP contribution in [0.1, 0.15) is 36.9 Å². The molecule has 3 N–H and O–H groups in total. The van der Waals surface area contributed by atoms with Crippen molar-refractivity contribution in [3.05, 3.63) is 23.4 Å². The highest BCUT2D eigenvalue weighted by atomic mass is 32.2. The van der Waals surface area contributed by atoms with Gasteiger partial charge < -0.3 is 10.9 Å². The molecular formula is C13H16F3N3OS. The summed E-state index contributed by atoms with van der Waals surface area (Å²) in [6.45, 7) is 0. The molecule has 21 heavy (non-hydrogen) atoms. The second kappa shape index (κ2) is 6.55. The number of hydrogen-bond donors (Lipinski definition) is 2. The van der Waals surface area contributed by atoms with Crippen molar-refractivity contribution < 1.29 is 18.4 Å². The first-order valence-corrected chi connectivity index (χ1v) is 7.59. The summed E-state index contributed by atoms with van der Waals surface area (Å²) >= 11 is 1.24. The van der Waals surface area contributed by atoms with Gasteiger partial charge in [-0.3, -0.25) is 0 Å². The highest BCUT2D eigenvalue weighted by molar-refractivity contribution is 7.99. The molecule has 0 unspecified atom stereocenters. The van der Waals surface area contributed by atoms with Crippen LogP contribution in [0.25, 0.3) is 0 Å². The van der Waals surface area contributed by atoms with Crippen LogP contribution in [0.5, 0.6) is 0 Å². The number of amidine groups is 1. The zero-order valence-electron chi connectivity index (χ0n) is 11.2. The Bertz CT molecular complexity index is 528.